The third-order valence-corrected chi connectivity index (χ3v) is 2.83. The van der Waals surface area contributed by atoms with Crippen molar-refractivity contribution in [2.75, 3.05) is 18.4 Å². The minimum absolute atomic E-state index is 0.00185. The van der Waals surface area contributed by atoms with Crippen LogP contribution in [-0.4, -0.2) is 24.0 Å². The van der Waals surface area contributed by atoms with E-state index in [2.05, 4.69) is 15.6 Å². The molecule has 0 aromatic carbocycles. The number of carbonyl (C=O) groups excluding carboxylic acids is 1. The number of hydrogen-bond donors (Lipinski definition) is 2. The first-order valence-electron chi connectivity index (χ1n) is 4.58. The summed E-state index contributed by atoms with van der Waals surface area (Å²) in [6.07, 6.45) is 0. The third-order valence-electron chi connectivity index (χ3n) is 1.80. The van der Waals surface area contributed by atoms with E-state index < -0.39 is 0 Å². The number of nitrogens with one attached hydrogen (secondary N) is 2. The van der Waals surface area contributed by atoms with Crippen LogP contribution in [0.25, 0.3) is 0 Å². The lowest BCUT2D eigenvalue weighted by atomic mass is 10.4. The molecule has 0 radical (unpaired) electrons. The van der Waals surface area contributed by atoms with Crippen molar-refractivity contribution in [1.29, 1.82) is 0 Å². The van der Waals surface area contributed by atoms with E-state index in [1.807, 2.05) is 20.8 Å². The highest BCUT2D eigenvalue weighted by Gasteiger charge is 2.04. The van der Waals surface area contributed by atoms with Crippen molar-refractivity contribution in [3.63, 3.8) is 0 Å². The number of carbonyl (C=O) groups is 1. The second-order valence-electron chi connectivity index (χ2n) is 2.97. The molecule has 5 heteroatoms. The smallest absolute Gasteiger partial charge is 0.239 e. The molecule has 0 saturated heterocycles. The molecule has 0 bridgehead atoms. The Morgan fingerprint density at radius 1 is 1.50 bits per heavy atom. The number of likely N-dealkylation sites (N-methyl/N-ethyl adjacent to an activating group) is 1. The highest BCUT2D eigenvalue weighted by atomic mass is 32.1. The van der Waals surface area contributed by atoms with E-state index in [-0.39, 0.29) is 5.91 Å². The summed E-state index contributed by atoms with van der Waals surface area (Å²) in [5.41, 5.74) is 1.02. The lowest BCUT2D eigenvalue weighted by Gasteiger charge is -2.02. The first-order valence-corrected chi connectivity index (χ1v) is 5.39. The molecule has 1 heterocycles. The molecular formula is C9H15N3OS. The number of thiazole rings is 1. The molecule has 0 fully saturated rings. The summed E-state index contributed by atoms with van der Waals surface area (Å²) in [4.78, 5) is 16.6. The van der Waals surface area contributed by atoms with Gasteiger partial charge in [-0.3, -0.25) is 4.79 Å². The van der Waals surface area contributed by atoms with E-state index in [0.29, 0.717) is 13.1 Å². The maximum Gasteiger partial charge on any atom is 0.239 e. The Hall–Kier alpha value is -1.10. The van der Waals surface area contributed by atoms with E-state index in [1.165, 1.54) is 4.88 Å². The highest BCUT2D eigenvalue weighted by Crippen LogP contribution is 2.20. The fraction of sp³-hybridized carbons (Fsp3) is 0.556. The average Bonchev–Trinajstić information content (AvgIpc) is 2.44. The van der Waals surface area contributed by atoms with E-state index in [0.717, 1.165) is 10.8 Å². The summed E-state index contributed by atoms with van der Waals surface area (Å²) in [5, 5.41) is 6.51. The SMILES string of the molecule is CCNC(=O)CNc1nc(C)c(C)s1. The summed E-state index contributed by atoms with van der Waals surface area (Å²) in [6, 6.07) is 0. The summed E-state index contributed by atoms with van der Waals surface area (Å²) in [5.74, 6) is -0.00185. The number of aromatic nitrogens is 1. The van der Waals surface area contributed by atoms with Gasteiger partial charge in [0.1, 0.15) is 0 Å². The molecular weight excluding hydrogens is 198 g/mol. The van der Waals surface area contributed by atoms with E-state index >= 15 is 0 Å². The van der Waals surface area contributed by atoms with Gasteiger partial charge in [0, 0.05) is 11.4 Å². The number of amides is 1. The Bertz CT molecular complexity index is 302. The molecule has 1 rings (SSSR count). The van der Waals surface area contributed by atoms with Gasteiger partial charge in [0.2, 0.25) is 5.91 Å². The summed E-state index contributed by atoms with van der Waals surface area (Å²) in [6.45, 7) is 6.83. The van der Waals surface area contributed by atoms with Crippen LogP contribution in [0.5, 0.6) is 0 Å². The van der Waals surface area contributed by atoms with Crippen LogP contribution < -0.4 is 10.6 Å². The van der Waals surface area contributed by atoms with Crippen LogP contribution >= 0.6 is 11.3 Å². The minimum atomic E-state index is -0.00185. The standard InChI is InChI=1S/C9H15N3OS/c1-4-10-8(13)5-11-9-12-6(2)7(3)14-9/h4-5H2,1-3H3,(H,10,13)(H,11,12). The zero-order chi connectivity index (χ0) is 10.6. The molecule has 4 nitrogen and oxygen atoms in total. The van der Waals surface area contributed by atoms with Crippen molar-refractivity contribution in [3.8, 4) is 0 Å². The largest absolute Gasteiger partial charge is 0.355 e. The molecule has 0 aliphatic rings. The van der Waals surface area contributed by atoms with Crippen LogP contribution in [0.15, 0.2) is 0 Å². The average molecular weight is 213 g/mol. The van der Waals surface area contributed by atoms with Gasteiger partial charge in [-0.1, -0.05) is 0 Å². The number of anilines is 1. The van der Waals surface area contributed by atoms with Gasteiger partial charge in [-0.15, -0.1) is 11.3 Å². The maximum absolute atomic E-state index is 11.1. The Morgan fingerprint density at radius 2 is 2.21 bits per heavy atom. The van der Waals surface area contributed by atoms with Crippen LogP contribution in [0, 0.1) is 13.8 Å². The minimum Gasteiger partial charge on any atom is -0.355 e. The number of nitrogens with zero attached hydrogens (tertiary/aromatic N) is 1. The Balaban J connectivity index is 2.42. The van der Waals surface area contributed by atoms with E-state index in [4.69, 9.17) is 0 Å². The first-order chi connectivity index (χ1) is 6.63. The summed E-state index contributed by atoms with van der Waals surface area (Å²) >= 11 is 1.57. The van der Waals surface area contributed by atoms with Gasteiger partial charge in [-0.05, 0) is 20.8 Å². The van der Waals surface area contributed by atoms with Crippen molar-refractivity contribution in [3.05, 3.63) is 10.6 Å². The molecule has 0 spiro atoms. The summed E-state index contributed by atoms with van der Waals surface area (Å²) in [7, 11) is 0. The topological polar surface area (TPSA) is 54.0 Å². The van der Waals surface area contributed by atoms with Crippen LogP contribution in [0.4, 0.5) is 5.13 Å². The zero-order valence-electron chi connectivity index (χ0n) is 8.68. The Morgan fingerprint density at radius 3 is 2.71 bits per heavy atom. The molecule has 2 N–H and O–H groups in total. The predicted molar refractivity (Wildman–Crippen MR) is 58.8 cm³/mol. The molecule has 0 saturated carbocycles. The molecule has 0 aliphatic carbocycles. The lowest BCUT2D eigenvalue weighted by molar-refractivity contribution is -0.119. The third kappa shape index (κ3) is 2.99. The fourth-order valence-corrected chi connectivity index (χ4v) is 1.77. The van der Waals surface area contributed by atoms with Crippen LogP contribution in [0.3, 0.4) is 0 Å². The molecule has 14 heavy (non-hydrogen) atoms. The lowest BCUT2D eigenvalue weighted by Crippen LogP contribution is -2.29. The maximum atomic E-state index is 11.1. The quantitative estimate of drug-likeness (QED) is 0.793. The second-order valence-corrected chi connectivity index (χ2v) is 4.17. The van der Waals surface area contributed by atoms with Crippen LogP contribution in [-0.2, 0) is 4.79 Å². The molecule has 0 aliphatic heterocycles. The van der Waals surface area contributed by atoms with Crippen LogP contribution in [0.2, 0.25) is 0 Å². The van der Waals surface area contributed by atoms with Gasteiger partial charge in [0.15, 0.2) is 5.13 Å². The fourth-order valence-electron chi connectivity index (χ4n) is 0.964. The monoisotopic (exact) mass is 213 g/mol. The van der Waals surface area contributed by atoms with Crippen LogP contribution in [0.1, 0.15) is 17.5 Å². The highest BCUT2D eigenvalue weighted by molar-refractivity contribution is 7.15. The van der Waals surface area contributed by atoms with E-state index in [9.17, 15) is 4.79 Å². The van der Waals surface area contributed by atoms with Gasteiger partial charge in [0.25, 0.3) is 0 Å². The Labute approximate surface area is 87.7 Å². The molecule has 0 unspecified atom stereocenters. The molecule has 78 valence electrons. The van der Waals surface area contributed by atoms with Gasteiger partial charge in [-0.25, -0.2) is 4.98 Å². The summed E-state index contributed by atoms with van der Waals surface area (Å²) < 4.78 is 0. The van der Waals surface area contributed by atoms with Crippen molar-refractivity contribution in [2.24, 2.45) is 0 Å². The van der Waals surface area contributed by atoms with Gasteiger partial charge < -0.3 is 10.6 Å². The molecule has 1 amide bonds. The van der Waals surface area contributed by atoms with Gasteiger partial charge >= 0.3 is 0 Å². The predicted octanol–water partition coefficient (Wildman–Crippen LogP) is 1.31. The number of aryl methyl sites for hydroxylation is 2. The van der Waals surface area contributed by atoms with Crippen molar-refractivity contribution >= 4 is 22.4 Å². The van der Waals surface area contributed by atoms with Crippen molar-refractivity contribution in [2.45, 2.75) is 20.8 Å². The van der Waals surface area contributed by atoms with Gasteiger partial charge in [0.05, 0.1) is 12.2 Å². The van der Waals surface area contributed by atoms with Gasteiger partial charge in [-0.2, -0.15) is 0 Å². The molecule has 1 aromatic heterocycles. The normalized spacial score (nSPS) is 9.93. The first kappa shape index (κ1) is 11.0. The zero-order valence-corrected chi connectivity index (χ0v) is 9.49. The number of hydrogen-bond acceptors (Lipinski definition) is 4. The van der Waals surface area contributed by atoms with E-state index in [1.54, 1.807) is 11.3 Å². The van der Waals surface area contributed by atoms with Crippen molar-refractivity contribution in [1.82, 2.24) is 10.3 Å². The Kier molecular flexibility index (Phi) is 3.88. The molecule has 0 atom stereocenters. The molecule has 1 aromatic rings. The number of rotatable bonds is 4. The van der Waals surface area contributed by atoms with Crippen molar-refractivity contribution < 1.29 is 4.79 Å². The second kappa shape index (κ2) is 4.95.